The van der Waals surface area contributed by atoms with Gasteiger partial charge in [-0.25, -0.2) is 4.98 Å². The molecule has 0 saturated heterocycles. The maximum atomic E-state index is 11.8. The smallest absolute Gasteiger partial charge is 0.315 e. The van der Waals surface area contributed by atoms with E-state index in [0.717, 1.165) is 42.4 Å². The third-order valence-corrected chi connectivity index (χ3v) is 4.88. The fourth-order valence-corrected chi connectivity index (χ4v) is 3.68. The highest BCUT2D eigenvalue weighted by Gasteiger charge is 2.33. The van der Waals surface area contributed by atoms with Gasteiger partial charge < -0.3 is 10.1 Å². The summed E-state index contributed by atoms with van der Waals surface area (Å²) >= 11 is 3.53. The predicted molar refractivity (Wildman–Crippen MR) is 81.3 cm³/mol. The number of hydrogen-bond donors (Lipinski definition) is 1. The summed E-state index contributed by atoms with van der Waals surface area (Å²) in [4.78, 5) is 17.6. The highest BCUT2D eigenvalue weighted by Crippen LogP contribution is 2.38. The van der Waals surface area contributed by atoms with E-state index < -0.39 is 0 Å². The van der Waals surface area contributed by atoms with E-state index in [-0.39, 0.29) is 11.9 Å². The lowest BCUT2D eigenvalue weighted by molar-refractivity contribution is -0.145. The number of ether oxygens (including phenoxy) is 1. The Morgan fingerprint density at radius 1 is 1.63 bits per heavy atom. The molecule has 0 fully saturated rings. The van der Waals surface area contributed by atoms with Gasteiger partial charge in [0, 0.05) is 11.4 Å². The Bertz CT molecular complexity index is 434. The van der Waals surface area contributed by atoms with E-state index >= 15 is 0 Å². The minimum Gasteiger partial charge on any atom is -0.465 e. The second-order valence-electron chi connectivity index (χ2n) is 4.44. The first-order chi connectivity index (χ1) is 9.26. The molecule has 0 aromatic carbocycles. The fourth-order valence-electron chi connectivity index (χ4n) is 2.19. The Hall–Kier alpha value is -0.750. The quantitative estimate of drug-likeness (QED) is 0.620. The molecule has 0 aliphatic heterocycles. The van der Waals surface area contributed by atoms with E-state index in [9.17, 15) is 4.79 Å². The average Bonchev–Trinajstić information content (AvgIpc) is 2.94. The zero-order valence-corrected chi connectivity index (χ0v) is 13.0. The lowest BCUT2D eigenvalue weighted by Gasteiger charge is -2.08. The molecule has 1 aromatic heterocycles. The van der Waals surface area contributed by atoms with Crippen LogP contribution in [0.1, 0.15) is 36.3 Å². The van der Waals surface area contributed by atoms with Crippen LogP contribution in [0.3, 0.4) is 0 Å². The second kappa shape index (κ2) is 7.14. The van der Waals surface area contributed by atoms with Crippen LogP contribution in [0.5, 0.6) is 0 Å². The van der Waals surface area contributed by atoms with Crippen LogP contribution in [-0.4, -0.2) is 36.1 Å². The van der Waals surface area contributed by atoms with Gasteiger partial charge in [-0.1, -0.05) is 0 Å². The van der Waals surface area contributed by atoms with E-state index in [1.807, 2.05) is 18.7 Å². The van der Waals surface area contributed by atoms with Gasteiger partial charge in [0.25, 0.3) is 0 Å². The van der Waals surface area contributed by atoms with E-state index in [0.29, 0.717) is 6.61 Å². The topological polar surface area (TPSA) is 51.2 Å². The minimum atomic E-state index is -0.145. The summed E-state index contributed by atoms with van der Waals surface area (Å²) in [6, 6.07) is 0. The summed E-state index contributed by atoms with van der Waals surface area (Å²) in [6.07, 6.45) is 5.04. The molecular formula is C13H20N2O2S2. The number of anilines is 1. The van der Waals surface area contributed by atoms with Crippen LogP contribution < -0.4 is 5.32 Å². The molecule has 0 radical (unpaired) electrons. The van der Waals surface area contributed by atoms with Crippen LogP contribution in [0.4, 0.5) is 5.13 Å². The molecule has 4 nitrogen and oxygen atoms in total. The van der Waals surface area contributed by atoms with Crippen LogP contribution in [0.25, 0.3) is 0 Å². The molecule has 1 atom stereocenters. The molecule has 1 unspecified atom stereocenters. The Labute approximate surface area is 122 Å². The van der Waals surface area contributed by atoms with Crippen LogP contribution in [-0.2, 0) is 16.0 Å². The lowest BCUT2D eigenvalue weighted by Crippen LogP contribution is -2.14. The van der Waals surface area contributed by atoms with Crippen molar-refractivity contribution in [3.8, 4) is 0 Å². The van der Waals surface area contributed by atoms with Gasteiger partial charge in [-0.15, -0.1) is 11.3 Å². The van der Waals surface area contributed by atoms with Gasteiger partial charge in [0.1, 0.15) is 5.92 Å². The van der Waals surface area contributed by atoms with Gasteiger partial charge in [-0.3, -0.25) is 4.79 Å². The van der Waals surface area contributed by atoms with E-state index in [2.05, 4.69) is 16.6 Å². The number of rotatable bonds is 7. The highest BCUT2D eigenvalue weighted by atomic mass is 32.2. The Morgan fingerprint density at radius 3 is 3.21 bits per heavy atom. The van der Waals surface area contributed by atoms with Crippen molar-refractivity contribution in [3.63, 3.8) is 0 Å². The first-order valence-electron chi connectivity index (χ1n) is 6.65. The number of thioether (sulfide) groups is 1. The van der Waals surface area contributed by atoms with Gasteiger partial charge in [0.2, 0.25) is 0 Å². The third kappa shape index (κ3) is 3.63. The van der Waals surface area contributed by atoms with Gasteiger partial charge >= 0.3 is 5.97 Å². The molecule has 19 heavy (non-hydrogen) atoms. The summed E-state index contributed by atoms with van der Waals surface area (Å²) in [7, 11) is 0. The zero-order chi connectivity index (χ0) is 13.7. The number of carbonyl (C=O) groups is 1. The van der Waals surface area contributed by atoms with Crippen LogP contribution in [0.15, 0.2) is 0 Å². The number of aryl methyl sites for hydroxylation is 1. The van der Waals surface area contributed by atoms with Crippen molar-refractivity contribution < 1.29 is 9.53 Å². The summed E-state index contributed by atoms with van der Waals surface area (Å²) in [5, 5.41) is 4.29. The Kier molecular flexibility index (Phi) is 5.51. The molecule has 0 saturated carbocycles. The summed E-state index contributed by atoms with van der Waals surface area (Å²) in [6.45, 7) is 3.22. The average molecular weight is 300 g/mol. The number of carbonyl (C=O) groups excluding carboxylic acids is 1. The van der Waals surface area contributed by atoms with Crippen molar-refractivity contribution in [3.05, 3.63) is 10.6 Å². The molecule has 2 rings (SSSR count). The van der Waals surface area contributed by atoms with Crippen molar-refractivity contribution >= 4 is 34.2 Å². The summed E-state index contributed by atoms with van der Waals surface area (Å²) < 4.78 is 5.11. The molecular weight excluding hydrogens is 280 g/mol. The Morgan fingerprint density at radius 2 is 2.47 bits per heavy atom. The number of nitrogens with zero attached hydrogens (tertiary/aromatic N) is 1. The number of thiazole rings is 1. The number of nitrogens with one attached hydrogen (secondary N) is 1. The lowest BCUT2D eigenvalue weighted by atomic mass is 10.1. The molecule has 1 heterocycles. The highest BCUT2D eigenvalue weighted by molar-refractivity contribution is 7.98. The summed E-state index contributed by atoms with van der Waals surface area (Å²) in [5.74, 6) is 0.886. The van der Waals surface area contributed by atoms with Gasteiger partial charge in [0.05, 0.1) is 12.3 Å². The third-order valence-electron chi connectivity index (χ3n) is 3.09. The maximum absolute atomic E-state index is 11.8. The molecule has 1 N–H and O–H groups in total. The van der Waals surface area contributed by atoms with E-state index in [1.165, 1.54) is 4.88 Å². The molecule has 1 aliphatic carbocycles. The molecule has 1 aliphatic rings. The standard InChI is InChI=1S/C13H20N2O2S2/c1-3-17-12(16)9-5-6-10-11(9)15-13(19-10)14-7-4-8-18-2/h9H,3-8H2,1-2H3,(H,14,15). The van der Waals surface area contributed by atoms with Crippen molar-refractivity contribution in [2.75, 3.05) is 30.5 Å². The van der Waals surface area contributed by atoms with Crippen LogP contribution in [0, 0.1) is 0 Å². The second-order valence-corrected chi connectivity index (χ2v) is 6.51. The van der Waals surface area contributed by atoms with Crippen molar-refractivity contribution in [2.45, 2.75) is 32.1 Å². The predicted octanol–water partition coefficient (Wildman–Crippen LogP) is 2.90. The maximum Gasteiger partial charge on any atom is 0.315 e. The minimum absolute atomic E-state index is 0.125. The molecule has 106 valence electrons. The van der Waals surface area contributed by atoms with Crippen LogP contribution in [0.2, 0.25) is 0 Å². The monoisotopic (exact) mass is 300 g/mol. The largest absolute Gasteiger partial charge is 0.465 e. The van der Waals surface area contributed by atoms with Crippen molar-refractivity contribution in [2.24, 2.45) is 0 Å². The first kappa shape index (κ1) is 14.7. The normalized spacial score (nSPS) is 17.3. The van der Waals surface area contributed by atoms with E-state index in [4.69, 9.17) is 4.74 Å². The molecule has 0 amide bonds. The Balaban J connectivity index is 1.93. The number of fused-ring (bicyclic) bond motifs is 1. The van der Waals surface area contributed by atoms with Crippen LogP contribution >= 0.6 is 23.1 Å². The molecule has 1 aromatic rings. The fraction of sp³-hybridized carbons (Fsp3) is 0.692. The number of esters is 1. The number of hydrogen-bond acceptors (Lipinski definition) is 6. The van der Waals surface area contributed by atoms with Crippen molar-refractivity contribution in [1.29, 1.82) is 0 Å². The molecule has 0 spiro atoms. The zero-order valence-electron chi connectivity index (χ0n) is 11.4. The van der Waals surface area contributed by atoms with Gasteiger partial charge in [-0.2, -0.15) is 11.8 Å². The molecule has 6 heteroatoms. The SMILES string of the molecule is CCOC(=O)C1CCc2sc(NCCCSC)nc21. The van der Waals surface area contributed by atoms with Gasteiger partial charge in [-0.05, 0) is 38.2 Å². The number of aromatic nitrogens is 1. The van der Waals surface area contributed by atoms with E-state index in [1.54, 1.807) is 11.3 Å². The first-order valence-corrected chi connectivity index (χ1v) is 8.86. The molecule has 0 bridgehead atoms. The van der Waals surface area contributed by atoms with Gasteiger partial charge in [0.15, 0.2) is 5.13 Å². The van der Waals surface area contributed by atoms with Crippen molar-refractivity contribution in [1.82, 2.24) is 4.98 Å². The summed E-state index contributed by atoms with van der Waals surface area (Å²) in [5.41, 5.74) is 0.941.